The Morgan fingerprint density at radius 1 is 0.746 bits per heavy atom. The average Bonchev–Trinajstić information content (AvgIpc) is 4.12. The predicted octanol–water partition coefficient (Wildman–Crippen LogP) is 5.82. The van der Waals surface area contributed by atoms with E-state index in [1.807, 2.05) is 48.5 Å². The van der Waals surface area contributed by atoms with E-state index < -0.39 is 0 Å². The number of aromatic nitrogens is 12. The van der Waals surface area contributed by atoms with Gasteiger partial charge in [-0.15, -0.1) is 11.6 Å². The summed E-state index contributed by atoms with van der Waals surface area (Å²) in [5.41, 5.74) is 2.74. The van der Waals surface area contributed by atoms with Crippen LogP contribution in [-0.2, 0) is 36.0 Å². The molecule has 304 valence electrons. The quantitative estimate of drug-likeness (QED) is 0.187. The Balaban J connectivity index is 0.000000141. The fourth-order valence-corrected chi connectivity index (χ4v) is 6.99. The Morgan fingerprint density at radius 2 is 1.27 bits per heavy atom. The van der Waals surface area contributed by atoms with Crippen LogP contribution in [0.4, 0.5) is 0 Å². The number of nitrogens with zero attached hydrogens (tertiary/aromatic N) is 11. The number of alkyl halides is 1. The molecule has 2 fully saturated rings. The summed E-state index contributed by atoms with van der Waals surface area (Å²) in [6.07, 6.45) is 4.23. The summed E-state index contributed by atoms with van der Waals surface area (Å²) in [6, 6.07) is 15.3. The van der Waals surface area contributed by atoms with Crippen LogP contribution in [-0.4, -0.2) is 72.1 Å². The molecule has 0 amide bonds. The van der Waals surface area contributed by atoms with Crippen molar-refractivity contribution in [3.63, 3.8) is 0 Å². The van der Waals surface area contributed by atoms with Crippen molar-refractivity contribution in [1.29, 1.82) is 0 Å². The van der Waals surface area contributed by atoms with E-state index >= 15 is 0 Å². The molecule has 0 spiro atoms. The molecule has 2 aromatic carbocycles. The molecule has 21 heteroatoms. The highest BCUT2D eigenvalue weighted by atomic mass is 35.5. The lowest BCUT2D eigenvalue weighted by molar-refractivity contribution is 0.110. The summed E-state index contributed by atoms with van der Waals surface area (Å²) >= 11 is 17.5. The molecule has 0 saturated carbocycles. The Bertz CT molecular complexity index is 2920. The number of hydrogen-bond acceptors (Lipinski definition) is 14. The van der Waals surface area contributed by atoms with Crippen molar-refractivity contribution in [2.75, 3.05) is 13.2 Å². The van der Waals surface area contributed by atoms with Crippen molar-refractivity contribution in [2.45, 2.75) is 49.3 Å². The molecule has 6 aromatic heterocycles. The van der Waals surface area contributed by atoms with E-state index in [0.717, 1.165) is 29.0 Å². The maximum Gasteiger partial charge on any atom is 0.280 e. The molecule has 8 aromatic rings. The number of hydrogen-bond donors (Lipinski definition) is 1. The van der Waals surface area contributed by atoms with Crippen molar-refractivity contribution in [2.24, 2.45) is 14.1 Å². The van der Waals surface area contributed by atoms with Gasteiger partial charge in [-0.1, -0.05) is 57.8 Å². The number of aromatic amines is 1. The Morgan fingerprint density at radius 3 is 1.81 bits per heavy atom. The first-order chi connectivity index (χ1) is 29.4. The highest BCUT2D eigenvalue weighted by Crippen LogP contribution is 2.38. The molecule has 2 saturated heterocycles. The van der Waals surface area contributed by atoms with Gasteiger partial charge in [-0.2, -0.15) is 9.97 Å². The molecule has 18 nitrogen and oxygen atoms in total. The molecule has 0 aliphatic carbocycles. The van der Waals surface area contributed by atoms with Gasteiger partial charge in [0.2, 0.25) is 11.8 Å². The molecule has 4 atom stereocenters. The normalized spacial score (nSPS) is 19.3. The number of imidazole rings is 2. The number of fused-ring (bicyclic) bond motifs is 2. The molecular weight excluding hydrogens is 827 g/mol. The van der Waals surface area contributed by atoms with Crippen LogP contribution in [0.2, 0.25) is 10.0 Å². The van der Waals surface area contributed by atoms with E-state index in [-0.39, 0.29) is 71.4 Å². The zero-order valence-electron chi connectivity index (χ0n) is 33.3. The average molecular weight is 864 g/mol. The number of H-pyrrole nitrogens is 1. The first-order valence-electron chi connectivity index (χ1n) is 19.2. The molecule has 2 aliphatic rings. The second kappa shape index (κ2) is 17.6. The maximum atomic E-state index is 12.7. The molecule has 59 heavy (non-hydrogen) atoms. The van der Waals surface area contributed by atoms with Crippen LogP contribution in [0.3, 0.4) is 0 Å². The van der Waals surface area contributed by atoms with Crippen molar-refractivity contribution < 1.29 is 21.3 Å². The van der Waals surface area contributed by atoms with E-state index in [2.05, 4.69) is 45.2 Å². The SMILES string of the molecule is ClCc1nc([C@@H]2CO[C@@H](c3ccc(Cl)cc3)C2)no1.[2H]c1nc2nc[nH]c(=O)c2n1C.[2H]c1nc2ncn(Cc3nc([C@@H]4CO[C@@H](c5ccc(Cl)cc5)C4)no3)c(=O)c2n1C. The Kier molecular flexibility index (Phi) is 11.2. The third-order valence-corrected chi connectivity index (χ3v) is 10.4. The largest absolute Gasteiger partial charge is 0.373 e. The van der Waals surface area contributed by atoms with Crippen LogP contribution in [0.5, 0.6) is 0 Å². The standard InChI is InChI=1S/C19H17ClN6O3.C13H12Cl2N2O2.C6H6N4O/c1-25-9-21-18-16(25)19(27)26(10-22-18)7-15-23-17(24-29-15)12-6-14(28-8-12)11-2-4-13(20)5-3-11;14-6-12-16-13(17-19-12)9-5-11(18-7-9)8-1-3-10(15)4-2-8;1-10-3-9-5-4(10)6(11)8-2-7-5/h2-5,9-10,12,14H,6-8H2,1H3;1-4,9,11H,5-7H2;2-3H,1H3,(H,7,8,11)/t12-,14+;9-,11+;/m00./s1/i9D;;3D. The summed E-state index contributed by atoms with van der Waals surface area (Å²) in [4.78, 5) is 50.7. The summed E-state index contributed by atoms with van der Waals surface area (Å²) in [6.45, 7) is 1.16. The molecule has 2 aliphatic heterocycles. The van der Waals surface area contributed by atoms with Crippen molar-refractivity contribution >= 4 is 57.1 Å². The summed E-state index contributed by atoms with van der Waals surface area (Å²) in [5, 5.41) is 9.43. The van der Waals surface area contributed by atoms with E-state index in [0.29, 0.717) is 52.8 Å². The minimum Gasteiger partial charge on any atom is -0.373 e. The zero-order valence-corrected chi connectivity index (χ0v) is 33.6. The maximum absolute atomic E-state index is 12.7. The van der Waals surface area contributed by atoms with Gasteiger partial charge in [-0.3, -0.25) is 14.2 Å². The van der Waals surface area contributed by atoms with Gasteiger partial charge in [0.05, 0.1) is 44.4 Å². The van der Waals surface area contributed by atoms with Gasteiger partial charge in [0.1, 0.15) is 21.5 Å². The molecular formula is C38H35Cl3N12O6. The molecule has 0 unspecified atom stereocenters. The third kappa shape index (κ3) is 8.96. The number of benzene rings is 2. The first kappa shape index (κ1) is 37.5. The number of ether oxygens (including phenoxy) is 2. The molecule has 8 heterocycles. The van der Waals surface area contributed by atoms with Gasteiger partial charge in [0.15, 0.2) is 34.0 Å². The van der Waals surface area contributed by atoms with Gasteiger partial charge in [-0.25, -0.2) is 19.9 Å². The van der Waals surface area contributed by atoms with Crippen LogP contribution in [0.25, 0.3) is 22.3 Å². The van der Waals surface area contributed by atoms with E-state index in [1.165, 1.54) is 26.4 Å². The molecule has 1 N–H and O–H groups in total. The Hall–Kier alpha value is -5.79. The topological polar surface area (TPSA) is 213 Å². The van der Waals surface area contributed by atoms with Crippen LogP contribution in [0.1, 0.15) is 74.2 Å². The third-order valence-electron chi connectivity index (χ3n) is 9.68. The lowest BCUT2D eigenvalue weighted by Crippen LogP contribution is -2.22. The minimum atomic E-state index is -0.319. The second-order valence-electron chi connectivity index (χ2n) is 13.6. The van der Waals surface area contributed by atoms with E-state index in [1.54, 1.807) is 14.1 Å². The lowest BCUT2D eigenvalue weighted by Gasteiger charge is -2.09. The summed E-state index contributed by atoms with van der Waals surface area (Å²) in [7, 11) is 3.21. The fraction of sp³-hybridized carbons (Fsp3) is 0.316. The Labute approximate surface area is 351 Å². The predicted molar refractivity (Wildman–Crippen MR) is 214 cm³/mol. The highest BCUT2D eigenvalue weighted by Gasteiger charge is 2.32. The van der Waals surface area contributed by atoms with Gasteiger partial charge >= 0.3 is 0 Å². The van der Waals surface area contributed by atoms with Crippen LogP contribution in [0, 0.1) is 0 Å². The smallest absolute Gasteiger partial charge is 0.280 e. The zero-order chi connectivity index (χ0) is 42.8. The highest BCUT2D eigenvalue weighted by molar-refractivity contribution is 6.30. The van der Waals surface area contributed by atoms with Crippen molar-refractivity contribution in [1.82, 2.24) is 58.9 Å². The van der Waals surface area contributed by atoms with E-state index in [9.17, 15) is 9.59 Å². The van der Waals surface area contributed by atoms with E-state index in [4.69, 9.17) is 56.1 Å². The van der Waals surface area contributed by atoms with Crippen LogP contribution >= 0.6 is 34.8 Å². The monoisotopic (exact) mass is 862 g/mol. The van der Waals surface area contributed by atoms with Crippen LogP contribution < -0.4 is 11.1 Å². The van der Waals surface area contributed by atoms with Crippen molar-refractivity contribution in [3.05, 3.63) is 139 Å². The van der Waals surface area contributed by atoms with Gasteiger partial charge in [0.25, 0.3) is 11.1 Å². The number of halogens is 3. The number of nitrogens with one attached hydrogen (secondary N) is 1. The van der Waals surface area contributed by atoms with Gasteiger partial charge < -0.3 is 32.6 Å². The second-order valence-corrected chi connectivity index (χ2v) is 14.8. The molecule has 0 radical (unpaired) electrons. The fourth-order valence-electron chi connectivity index (χ4n) is 6.63. The summed E-state index contributed by atoms with van der Waals surface area (Å²) < 4.78 is 41.2. The van der Waals surface area contributed by atoms with Crippen molar-refractivity contribution in [3.8, 4) is 0 Å². The number of rotatable bonds is 7. The molecule has 10 rings (SSSR count). The lowest BCUT2D eigenvalue weighted by atomic mass is 10.0. The van der Waals surface area contributed by atoms with Gasteiger partial charge in [0, 0.05) is 36.0 Å². The van der Waals surface area contributed by atoms with Crippen LogP contribution in [0.15, 0.2) is 92.4 Å². The van der Waals surface area contributed by atoms with Gasteiger partial charge in [-0.05, 0) is 48.2 Å². The minimum absolute atomic E-state index is 0.00320. The number of aryl methyl sites for hydroxylation is 2. The summed E-state index contributed by atoms with van der Waals surface area (Å²) in [5.74, 6) is 2.37. The molecule has 0 bridgehead atoms. The first-order valence-corrected chi connectivity index (χ1v) is 19.4.